The van der Waals surface area contributed by atoms with Gasteiger partial charge in [-0.1, -0.05) is 6.92 Å². The fourth-order valence-electron chi connectivity index (χ4n) is 1.16. The summed E-state index contributed by atoms with van der Waals surface area (Å²) in [4.78, 5) is 5.45. The van der Waals surface area contributed by atoms with Gasteiger partial charge in [-0.25, -0.2) is 0 Å². The molecule has 0 aliphatic heterocycles. The predicted octanol–water partition coefficient (Wildman–Crippen LogP) is 1.97. The van der Waals surface area contributed by atoms with E-state index in [4.69, 9.17) is 10.8 Å². The molecule has 1 rings (SSSR count). The molecule has 3 N–H and O–H groups in total. The number of rotatable bonds is 6. The van der Waals surface area contributed by atoms with Crippen LogP contribution >= 0.6 is 11.8 Å². The Morgan fingerprint density at radius 1 is 1.53 bits per heavy atom. The lowest BCUT2D eigenvalue weighted by Crippen LogP contribution is -2.10. The average molecular weight is 226 g/mol. The van der Waals surface area contributed by atoms with Gasteiger partial charge >= 0.3 is 0 Å². The third kappa shape index (κ3) is 4.20. The third-order valence-electron chi connectivity index (χ3n) is 2.15. The van der Waals surface area contributed by atoms with Gasteiger partial charge < -0.3 is 10.8 Å². The minimum absolute atomic E-state index is 0.0430. The van der Waals surface area contributed by atoms with Crippen LogP contribution in [-0.2, 0) is 0 Å². The Kier molecular flexibility index (Phi) is 5.68. The molecular formula is C11H18N2OS. The van der Waals surface area contributed by atoms with Crippen LogP contribution in [0.4, 0.5) is 0 Å². The predicted molar refractivity (Wildman–Crippen MR) is 63.9 cm³/mol. The molecule has 0 amide bonds. The van der Waals surface area contributed by atoms with E-state index in [1.54, 1.807) is 11.8 Å². The molecule has 15 heavy (non-hydrogen) atoms. The summed E-state index contributed by atoms with van der Waals surface area (Å²) in [6, 6.07) is 4.07. The molecule has 0 aliphatic carbocycles. The number of pyridine rings is 1. The molecule has 84 valence electrons. The van der Waals surface area contributed by atoms with Crippen LogP contribution in [-0.4, -0.2) is 22.5 Å². The normalized spacial score (nSPS) is 12.7. The summed E-state index contributed by atoms with van der Waals surface area (Å²) in [6.45, 7) is 2.30. The highest BCUT2D eigenvalue weighted by Crippen LogP contribution is 2.19. The van der Waals surface area contributed by atoms with E-state index in [9.17, 15) is 0 Å². The minimum Gasteiger partial charge on any atom is -0.396 e. The first-order valence-electron chi connectivity index (χ1n) is 5.23. The van der Waals surface area contributed by atoms with Crippen LogP contribution in [0.1, 0.15) is 31.5 Å². The summed E-state index contributed by atoms with van der Waals surface area (Å²) in [7, 11) is 0. The first kappa shape index (κ1) is 12.5. The number of thioether (sulfide) groups is 1. The van der Waals surface area contributed by atoms with Crippen LogP contribution in [0, 0.1) is 0 Å². The quantitative estimate of drug-likeness (QED) is 0.575. The van der Waals surface area contributed by atoms with E-state index in [-0.39, 0.29) is 12.6 Å². The monoisotopic (exact) mass is 226 g/mol. The van der Waals surface area contributed by atoms with Crippen molar-refractivity contribution >= 4 is 11.8 Å². The molecule has 3 nitrogen and oxygen atoms in total. The van der Waals surface area contributed by atoms with Crippen LogP contribution < -0.4 is 5.73 Å². The first-order chi connectivity index (χ1) is 7.27. The minimum atomic E-state index is 0.0430. The molecule has 1 aromatic rings. The number of nitrogens with two attached hydrogens (primary N) is 1. The number of nitrogens with zero attached hydrogens (tertiary/aromatic N) is 1. The van der Waals surface area contributed by atoms with E-state index in [1.165, 1.54) is 0 Å². The molecule has 1 heterocycles. The van der Waals surface area contributed by atoms with E-state index in [1.807, 2.05) is 18.3 Å². The highest BCUT2D eigenvalue weighted by molar-refractivity contribution is 7.99. The van der Waals surface area contributed by atoms with Gasteiger partial charge in [-0.15, -0.1) is 11.8 Å². The Labute approximate surface area is 95.1 Å². The summed E-state index contributed by atoms with van der Waals surface area (Å²) >= 11 is 1.71. The molecule has 0 unspecified atom stereocenters. The fraction of sp³-hybridized carbons (Fsp3) is 0.545. The van der Waals surface area contributed by atoms with Crippen molar-refractivity contribution in [3.63, 3.8) is 0 Å². The van der Waals surface area contributed by atoms with Gasteiger partial charge in [0.1, 0.15) is 0 Å². The van der Waals surface area contributed by atoms with Crippen LogP contribution in [0.15, 0.2) is 23.2 Å². The van der Waals surface area contributed by atoms with Gasteiger partial charge in [0.05, 0.1) is 5.69 Å². The zero-order valence-corrected chi connectivity index (χ0v) is 9.83. The summed E-state index contributed by atoms with van der Waals surface area (Å²) in [5, 5.41) is 8.65. The van der Waals surface area contributed by atoms with Crippen molar-refractivity contribution in [1.82, 2.24) is 4.98 Å². The van der Waals surface area contributed by atoms with Crippen LogP contribution in [0.2, 0.25) is 0 Å². The van der Waals surface area contributed by atoms with Gasteiger partial charge in [0.15, 0.2) is 0 Å². The topological polar surface area (TPSA) is 59.1 Å². The molecule has 1 aromatic heterocycles. The maximum absolute atomic E-state index is 8.65. The van der Waals surface area contributed by atoms with Crippen molar-refractivity contribution in [2.24, 2.45) is 5.73 Å². The number of aromatic nitrogens is 1. The largest absolute Gasteiger partial charge is 0.396 e. The van der Waals surface area contributed by atoms with Crippen LogP contribution in [0.5, 0.6) is 0 Å². The number of aliphatic hydroxyl groups is 1. The van der Waals surface area contributed by atoms with Gasteiger partial charge in [0, 0.05) is 29.5 Å². The van der Waals surface area contributed by atoms with E-state index >= 15 is 0 Å². The van der Waals surface area contributed by atoms with E-state index in [0.29, 0.717) is 0 Å². The molecule has 0 spiro atoms. The lowest BCUT2D eigenvalue weighted by molar-refractivity contribution is 0.296. The molecule has 0 aromatic carbocycles. The highest BCUT2D eigenvalue weighted by Gasteiger charge is 2.04. The summed E-state index contributed by atoms with van der Waals surface area (Å²) in [5.74, 6) is 0.928. The van der Waals surface area contributed by atoms with Gasteiger partial charge in [-0.2, -0.15) is 0 Å². The molecule has 0 saturated carbocycles. The standard InChI is InChI=1S/C11H18N2OS/c1-2-10(12)11-5-4-9(8-13-11)15-7-3-6-14/h4-5,8,10,14H,2-3,6-7,12H2,1H3/t10-/m0/s1. The SMILES string of the molecule is CC[C@H](N)c1ccc(SCCCO)cn1. The Hall–Kier alpha value is -0.580. The maximum atomic E-state index is 8.65. The van der Waals surface area contributed by atoms with Gasteiger partial charge in [0.25, 0.3) is 0 Å². The van der Waals surface area contributed by atoms with Crippen LogP contribution in [0.25, 0.3) is 0 Å². The molecule has 1 atom stereocenters. The van der Waals surface area contributed by atoms with Crippen molar-refractivity contribution in [2.45, 2.75) is 30.7 Å². The number of hydrogen-bond donors (Lipinski definition) is 2. The lowest BCUT2D eigenvalue weighted by Gasteiger charge is -2.08. The molecular weight excluding hydrogens is 208 g/mol. The van der Waals surface area contributed by atoms with Crippen molar-refractivity contribution < 1.29 is 5.11 Å². The molecule has 4 heteroatoms. The third-order valence-corrected chi connectivity index (χ3v) is 3.22. The van der Waals surface area contributed by atoms with Gasteiger partial charge in [-0.05, 0) is 25.0 Å². The summed E-state index contributed by atoms with van der Waals surface area (Å²) < 4.78 is 0. The maximum Gasteiger partial charge on any atom is 0.0571 e. The number of hydrogen-bond acceptors (Lipinski definition) is 4. The zero-order valence-electron chi connectivity index (χ0n) is 9.02. The smallest absolute Gasteiger partial charge is 0.0571 e. The van der Waals surface area contributed by atoms with Crippen molar-refractivity contribution in [1.29, 1.82) is 0 Å². The Morgan fingerprint density at radius 2 is 2.33 bits per heavy atom. The van der Waals surface area contributed by atoms with Crippen molar-refractivity contribution in [3.8, 4) is 0 Å². The Morgan fingerprint density at radius 3 is 2.87 bits per heavy atom. The summed E-state index contributed by atoms with van der Waals surface area (Å²) in [6.07, 6.45) is 3.58. The molecule has 0 radical (unpaired) electrons. The molecule has 0 saturated heterocycles. The second-order valence-corrected chi connectivity index (χ2v) is 4.53. The molecule has 0 fully saturated rings. The Balaban J connectivity index is 2.49. The van der Waals surface area contributed by atoms with Gasteiger partial charge in [0.2, 0.25) is 0 Å². The van der Waals surface area contributed by atoms with Crippen molar-refractivity contribution in [3.05, 3.63) is 24.0 Å². The second kappa shape index (κ2) is 6.82. The zero-order chi connectivity index (χ0) is 11.1. The van der Waals surface area contributed by atoms with E-state index < -0.39 is 0 Å². The first-order valence-corrected chi connectivity index (χ1v) is 6.21. The van der Waals surface area contributed by atoms with E-state index in [2.05, 4.69) is 11.9 Å². The van der Waals surface area contributed by atoms with Crippen LogP contribution in [0.3, 0.4) is 0 Å². The highest BCUT2D eigenvalue weighted by atomic mass is 32.2. The molecule has 0 aliphatic rings. The lowest BCUT2D eigenvalue weighted by atomic mass is 10.1. The molecule has 0 bridgehead atoms. The average Bonchev–Trinajstić information content (AvgIpc) is 2.29. The number of aliphatic hydroxyl groups excluding tert-OH is 1. The summed E-state index contributed by atoms with van der Waals surface area (Å²) in [5.41, 5.74) is 6.81. The van der Waals surface area contributed by atoms with E-state index in [0.717, 1.165) is 29.2 Å². The van der Waals surface area contributed by atoms with Gasteiger partial charge in [-0.3, -0.25) is 4.98 Å². The fourth-order valence-corrected chi connectivity index (χ4v) is 1.96. The second-order valence-electron chi connectivity index (χ2n) is 3.36. The Bertz CT molecular complexity index is 276. The van der Waals surface area contributed by atoms with Crippen molar-refractivity contribution in [2.75, 3.05) is 12.4 Å².